The van der Waals surface area contributed by atoms with E-state index in [1.165, 1.54) is 0 Å². The molecule has 0 radical (unpaired) electrons. The molecule has 72 valence electrons. The van der Waals surface area contributed by atoms with Crippen LogP contribution in [-0.2, 0) is 14.6 Å². The topological polar surface area (TPSA) is 58.6 Å². The smallest absolute Gasteiger partial charge is 0.103 e. The summed E-state index contributed by atoms with van der Waals surface area (Å²) in [7, 11) is 0. The maximum atomic E-state index is 8.89. The lowest BCUT2D eigenvalue weighted by Crippen LogP contribution is -2.20. The predicted molar refractivity (Wildman–Crippen MR) is 41.0 cm³/mol. The summed E-state index contributed by atoms with van der Waals surface area (Å²) in [5, 5.41) is 8.89. The van der Waals surface area contributed by atoms with Crippen LogP contribution in [0.2, 0.25) is 0 Å². The van der Waals surface area contributed by atoms with Crippen molar-refractivity contribution in [3.05, 3.63) is 0 Å². The molecule has 0 aromatic rings. The Hall–Kier alpha value is -0.610. The first-order valence-electron chi connectivity index (χ1n) is 3.98. The van der Waals surface area contributed by atoms with E-state index < -0.39 is 5.97 Å². The first kappa shape index (κ1) is 11.4. The highest BCUT2D eigenvalue weighted by Gasteiger charge is 2.29. The third-order valence-electron chi connectivity index (χ3n) is 1.72. The molecule has 4 heteroatoms. The summed E-state index contributed by atoms with van der Waals surface area (Å²) >= 11 is 0. The average molecular weight is 175 g/mol. The molecule has 4 nitrogen and oxygen atoms in total. The highest BCUT2D eigenvalue weighted by Crippen LogP contribution is 2.25. The van der Waals surface area contributed by atoms with Crippen molar-refractivity contribution in [3.63, 3.8) is 0 Å². The van der Waals surface area contributed by atoms with Gasteiger partial charge in [0.2, 0.25) is 0 Å². The monoisotopic (exact) mass is 175 g/mol. The van der Waals surface area contributed by atoms with Crippen LogP contribution in [-0.4, -0.2) is 18.2 Å². The third-order valence-corrected chi connectivity index (χ3v) is 1.72. The fourth-order valence-corrected chi connectivity index (χ4v) is 0.719. The lowest BCUT2D eigenvalue weighted by atomic mass is 10.0. The average Bonchev–Trinajstić information content (AvgIpc) is 2.36. The largest absolute Gasteiger partial charge is 0.550 e. The summed E-state index contributed by atoms with van der Waals surface area (Å²) in [5.74, 6) is -1.08. The van der Waals surface area contributed by atoms with E-state index in [9.17, 15) is 0 Å². The molecule has 0 aliphatic carbocycles. The minimum atomic E-state index is -1.08. The molecule has 0 amide bonds. The van der Waals surface area contributed by atoms with Crippen molar-refractivity contribution < 1.29 is 19.7 Å². The fourth-order valence-electron chi connectivity index (χ4n) is 0.719. The van der Waals surface area contributed by atoms with E-state index >= 15 is 0 Å². The lowest BCUT2D eigenvalue weighted by molar-refractivity contribution is -0.304. The van der Waals surface area contributed by atoms with Crippen molar-refractivity contribution in [1.82, 2.24) is 0 Å². The Morgan fingerprint density at radius 3 is 2.33 bits per heavy atom. The summed E-state index contributed by atoms with van der Waals surface area (Å²) in [5.41, 5.74) is 0.0139. The number of carboxylic acids is 1. The van der Waals surface area contributed by atoms with E-state index in [-0.39, 0.29) is 5.60 Å². The Bertz CT molecular complexity index is 134. The van der Waals surface area contributed by atoms with Gasteiger partial charge in [0.1, 0.15) is 5.60 Å². The normalized spacial score (nSPS) is 27.6. The molecule has 0 saturated carbocycles. The van der Waals surface area contributed by atoms with E-state index in [0.29, 0.717) is 0 Å². The molecule has 1 aliphatic heterocycles. The standard InChI is InChI=1S/C6H12O2.C2H4O2/c1-3-6(2)4-5-7-8-6;1-2(3)4/h3-5H2,1-2H3;1H3,(H,3,4)/p-1. The van der Waals surface area contributed by atoms with Crippen molar-refractivity contribution in [2.24, 2.45) is 0 Å². The first-order chi connectivity index (χ1) is 5.50. The number of carboxylic acid groups (broad SMARTS) is 1. The van der Waals surface area contributed by atoms with Crippen molar-refractivity contribution in [1.29, 1.82) is 0 Å². The van der Waals surface area contributed by atoms with E-state index in [1.54, 1.807) is 0 Å². The number of carbonyl (C=O) groups excluding carboxylic acids is 1. The summed E-state index contributed by atoms with van der Waals surface area (Å²) in [4.78, 5) is 18.6. The lowest BCUT2D eigenvalue weighted by Gasteiger charge is -2.15. The quantitative estimate of drug-likeness (QED) is 0.536. The number of rotatable bonds is 1. The van der Waals surface area contributed by atoms with Crippen LogP contribution in [0, 0.1) is 0 Å². The van der Waals surface area contributed by atoms with Crippen LogP contribution >= 0.6 is 0 Å². The fraction of sp³-hybridized carbons (Fsp3) is 0.875. The molecule has 0 aromatic carbocycles. The molecule has 1 aliphatic rings. The van der Waals surface area contributed by atoms with Gasteiger partial charge in [0, 0.05) is 12.4 Å². The molecular weight excluding hydrogens is 160 g/mol. The van der Waals surface area contributed by atoms with E-state index in [2.05, 4.69) is 13.8 Å². The van der Waals surface area contributed by atoms with Crippen LogP contribution in [0.15, 0.2) is 0 Å². The third kappa shape index (κ3) is 5.09. The molecule has 1 atom stereocenters. The van der Waals surface area contributed by atoms with Gasteiger partial charge in [0.05, 0.1) is 6.61 Å². The van der Waals surface area contributed by atoms with Crippen LogP contribution in [0.1, 0.15) is 33.6 Å². The Balaban J connectivity index is 0.000000261. The Morgan fingerprint density at radius 1 is 1.67 bits per heavy atom. The minimum Gasteiger partial charge on any atom is -0.550 e. The predicted octanol–water partition coefficient (Wildman–Crippen LogP) is 0.263. The Kier molecular flexibility index (Phi) is 4.85. The minimum absolute atomic E-state index is 0.0139. The van der Waals surface area contributed by atoms with Gasteiger partial charge in [-0.1, -0.05) is 6.92 Å². The molecule has 1 heterocycles. The molecular formula is C8H15O4-. The zero-order chi connectivity index (χ0) is 9.61. The van der Waals surface area contributed by atoms with E-state index in [1.807, 2.05) is 0 Å². The van der Waals surface area contributed by atoms with Crippen molar-refractivity contribution in [2.75, 3.05) is 6.61 Å². The van der Waals surface area contributed by atoms with Crippen molar-refractivity contribution >= 4 is 5.97 Å². The Morgan fingerprint density at radius 2 is 2.17 bits per heavy atom. The van der Waals surface area contributed by atoms with Gasteiger partial charge in [-0.2, -0.15) is 0 Å². The van der Waals surface area contributed by atoms with Crippen LogP contribution in [0.5, 0.6) is 0 Å². The van der Waals surface area contributed by atoms with E-state index in [4.69, 9.17) is 19.7 Å². The van der Waals surface area contributed by atoms with Gasteiger partial charge in [-0.05, 0) is 20.3 Å². The molecule has 0 spiro atoms. The second kappa shape index (κ2) is 5.11. The van der Waals surface area contributed by atoms with E-state index in [0.717, 1.165) is 26.4 Å². The molecule has 1 fully saturated rings. The molecule has 0 N–H and O–H groups in total. The van der Waals surface area contributed by atoms with Crippen molar-refractivity contribution in [3.8, 4) is 0 Å². The number of hydrogen-bond acceptors (Lipinski definition) is 4. The van der Waals surface area contributed by atoms with Crippen LogP contribution < -0.4 is 5.11 Å². The Labute approximate surface area is 72.4 Å². The van der Waals surface area contributed by atoms with Gasteiger partial charge in [-0.25, -0.2) is 9.78 Å². The second-order valence-corrected chi connectivity index (χ2v) is 2.95. The van der Waals surface area contributed by atoms with Gasteiger partial charge < -0.3 is 9.90 Å². The first-order valence-corrected chi connectivity index (χ1v) is 3.98. The summed E-state index contributed by atoms with van der Waals surface area (Å²) in [6.07, 6.45) is 2.07. The summed E-state index contributed by atoms with van der Waals surface area (Å²) < 4.78 is 0. The second-order valence-electron chi connectivity index (χ2n) is 2.95. The maximum absolute atomic E-state index is 8.89. The van der Waals surface area contributed by atoms with Gasteiger partial charge in [0.25, 0.3) is 0 Å². The number of hydrogen-bond donors (Lipinski definition) is 0. The van der Waals surface area contributed by atoms with Gasteiger partial charge in [0.15, 0.2) is 0 Å². The summed E-state index contributed by atoms with van der Waals surface area (Å²) in [6.45, 7) is 5.90. The zero-order valence-corrected chi connectivity index (χ0v) is 7.75. The van der Waals surface area contributed by atoms with Gasteiger partial charge in [-0.15, -0.1) is 0 Å². The summed E-state index contributed by atoms with van der Waals surface area (Å²) in [6, 6.07) is 0. The van der Waals surface area contributed by atoms with Gasteiger partial charge >= 0.3 is 0 Å². The number of carbonyl (C=O) groups is 1. The molecule has 0 bridgehead atoms. The van der Waals surface area contributed by atoms with Crippen LogP contribution in [0.3, 0.4) is 0 Å². The molecule has 1 saturated heterocycles. The van der Waals surface area contributed by atoms with Gasteiger partial charge in [-0.3, -0.25) is 0 Å². The highest BCUT2D eigenvalue weighted by molar-refractivity contribution is 5.60. The molecule has 1 unspecified atom stereocenters. The van der Waals surface area contributed by atoms with Crippen LogP contribution in [0.25, 0.3) is 0 Å². The number of aliphatic carboxylic acids is 1. The molecule has 12 heavy (non-hydrogen) atoms. The van der Waals surface area contributed by atoms with Crippen LogP contribution in [0.4, 0.5) is 0 Å². The molecule has 0 aromatic heterocycles. The van der Waals surface area contributed by atoms with Crippen molar-refractivity contribution in [2.45, 2.75) is 39.2 Å². The zero-order valence-electron chi connectivity index (χ0n) is 7.75. The molecule has 1 rings (SSSR count). The maximum Gasteiger partial charge on any atom is 0.103 e. The highest BCUT2D eigenvalue weighted by atomic mass is 17.2. The SMILES string of the molecule is CC(=O)[O-].CCC1(C)CCOO1.